The van der Waals surface area contributed by atoms with Crippen LogP contribution in [-0.4, -0.2) is 71.2 Å². The molecule has 1 atom stereocenters. The number of hydrogen-bond donors (Lipinski definition) is 1. The smallest absolute Gasteiger partial charge is 0.255 e. The van der Waals surface area contributed by atoms with Gasteiger partial charge in [-0.3, -0.25) is 4.79 Å². The Morgan fingerprint density at radius 2 is 2.00 bits per heavy atom. The van der Waals surface area contributed by atoms with Crippen LogP contribution in [0.15, 0.2) is 36.8 Å². The maximum absolute atomic E-state index is 12.8. The van der Waals surface area contributed by atoms with E-state index >= 15 is 0 Å². The molecule has 8 nitrogen and oxygen atoms in total. The van der Waals surface area contributed by atoms with Gasteiger partial charge in [0.1, 0.15) is 5.82 Å². The lowest BCUT2D eigenvalue weighted by Gasteiger charge is -2.22. The van der Waals surface area contributed by atoms with Crippen LogP contribution in [0.4, 0.5) is 11.8 Å². The Morgan fingerprint density at radius 3 is 2.74 bits per heavy atom. The van der Waals surface area contributed by atoms with E-state index in [0.29, 0.717) is 24.8 Å². The second kappa shape index (κ2) is 8.30. The van der Waals surface area contributed by atoms with Gasteiger partial charge >= 0.3 is 0 Å². The lowest BCUT2D eigenvalue weighted by atomic mass is 10.2. The van der Waals surface area contributed by atoms with E-state index in [1.807, 2.05) is 23.1 Å². The third-order valence-electron chi connectivity index (χ3n) is 4.91. The van der Waals surface area contributed by atoms with Gasteiger partial charge in [0.25, 0.3) is 5.91 Å². The van der Waals surface area contributed by atoms with Crippen LogP contribution in [-0.2, 0) is 4.74 Å². The molecule has 2 aliphatic heterocycles. The Hall–Kier alpha value is -2.74. The van der Waals surface area contributed by atoms with Crippen molar-refractivity contribution >= 4 is 17.7 Å². The number of rotatable bonds is 4. The Bertz CT molecular complexity index is 749. The molecule has 0 unspecified atom stereocenters. The quantitative estimate of drug-likeness (QED) is 0.874. The lowest BCUT2D eigenvalue weighted by Crippen LogP contribution is -2.35. The van der Waals surface area contributed by atoms with Gasteiger partial charge in [0.05, 0.1) is 18.2 Å². The molecule has 2 aromatic heterocycles. The number of ether oxygens (including phenoxy) is 1. The fourth-order valence-electron chi connectivity index (χ4n) is 3.42. The highest BCUT2D eigenvalue weighted by Crippen LogP contribution is 2.15. The summed E-state index contributed by atoms with van der Waals surface area (Å²) in [7, 11) is 0. The van der Waals surface area contributed by atoms with Gasteiger partial charge in [0, 0.05) is 51.4 Å². The lowest BCUT2D eigenvalue weighted by molar-refractivity contribution is 0.0766. The third-order valence-corrected chi connectivity index (χ3v) is 4.91. The van der Waals surface area contributed by atoms with E-state index in [-0.39, 0.29) is 5.91 Å². The number of carbonyl (C=O) groups excluding carboxylic acids is 1. The molecular formula is C19H24N6O2. The third kappa shape index (κ3) is 4.33. The highest BCUT2D eigenvalue weighted by molar-refractivity contribution is 5.94. The fourth-order valence-corrected chi connectivity index (χ4v) is 3.42. The number of hydrogen-bond acceptors (Lipinski definition) is 7. The van der Waals surface area contributed by atoms with Crippen LogP contribution in [0.5, 0.6) is 0 Å². The van der Waals surface area contributed by atoms with Gasteiger partial charge in [0.2, 0.25) is 5.95 Å². The SMILES string of the molecule is O=C(c1ccc(N[C@@H]2CCOC2)nc1)N1CCCN(c2ncccn2)CC1. The van der Waals surface area contributed by atoms with Crippen molar-refractivity contribution in [3.05, 3.63) is 42.4 Å². The summed E-state index contributed by atoms with van der Waals surface area (Å²) in [4.78, 5) is 29.9. The van der Waals surface area contributed by atoms with Crippen molar-refractivity contribution in [2.24, 2.45) is 0 Å². The van der Waals surface area contributed by atoms with E-state index < -0.39 is 0 Å². The largest absolute Gasteiger partial charge is 0.379 e. The summed E-state index contributed by atoms with van der Waals surface area (Å²) >= 11 is 0. The van der Waals surface area contributed by atoms with Crippen molar-refractivity contribution in [3.63, 3.8) is 0 Å². The second-order valence-corrected chi connectivity index (χ2v) is 6.82. The molecule has 0 saturated carbocycles. The average molecular weight is 368 g/mol. The molecule has 27 heavy (non-hydrogen) atoms. The molecule has 0 bridgehead atoms. The standard InChI is InChI=1S/C19H24N6O2/c26-18(15-3-4-17(22-13-15)23-16-5-12-27-14-16)24-8-2-9-25(11-10-24)19-20-6-1-7-21-19/h1,3-4,6-7,13,16H,2,5,8-12,14H2,(H,22,23)/t16-/m1/s1. The van der Waals surface area contributed by atoms with Crippen molar-refractivity contribution in [2.45, 2.75) is 18.9 Å². The molecule has 4 rings (SSSR count). The minimum absolute atomic E-state index is 0.0223. The van der Waals surface area contributed by atoms with E-state index in [1.54, 1.807) is 18.6 Å². The first-order valence-electron chi connectivity index (χ1n) is 9.41. The van der Waals surface area contributed by atoms with E-state index in [0.717, 1.165) is 50.8 Å². The van der Waals surface area contributed by atoms with Gasteiger partial charge in [-0.25, -0.2) is 15.0 Å². The number of carbonyl (C=O) groups is 1. The zero-order valence-corrected chi connectivity index (χ0v) is 15.3. The molecule has 8 heteroatoms. The molecule has 0 aromatic carbocycles. The number of nitrogens with zero attached hydrogens (tertiary/aromatic N) is 5. The Labute approximate surface area is 158 Å². The van der Waals surface area contributed by atoms with E-state index in [9.17, 15) is 4.79 Å². The summed E-state index contributed by atoms with van der Waals surface area (Å²) in [6.07, 6.45) is 7.02. The van der Waals surface area contributed by atoms with Crippen molar-refractivity contribution < 1.29 is 9.53 Å². The Morgan fingerprint density at radius 1 is 1.11 bits per heavy atom. The summed E-state index contributed by atoms with van der Waals surface area (Å²) in [5.74, 6) is 1.53. The average Bonchev–Trinajstić information content (AvgIpc) is 3.10. The van der Waals surface area contributed by atoms with Crippen LogP contribution >= 0.6 is 0 Å². The summed E-state index contributed by atoms with van der Waals surface area (Å²) in [5, 5.41) is 3.34. The predicted octanol–water partition coefficient (Wildman–Crippen LogP) is 1.42. The highest BCUT2D eigenvalue weighted by Gasteiger charge is 2.22. The molecule has 0 spiro atoms. The summed E-state index contributed by atoms with van der Waals surface area (Å²) < 4.78 is 5.36. The first kappa shape index (κ1) is 17.7. The normalized spacial score (nSPS) is 20.4. The molecule has 2 aromatic rings. The number of anilines is 2. The number of aromatic nitrogens is 3. The number of amides is 1. The number of nitrogens with one attached hydrogen (secondary N) is 1. The Kier molecular flexibility index (Phi) is 5.43. The molecule has 1 N–H and O–H groups in total. The van der Waals surface area contributed by atoms with Crippen LogP contribution in [0.25, 0.3) is 0 Å². The monoisotopic (exact) mass is 368 g/mol. The summed E-state index contributed by atoms with van der Waals surface area (Å²) in [6, 6.07) is 5.82. The van der Waals surface area contributed by atoms with Crippen LogP contribution < -0.4 is 10.2 Å². The van der Waals surface area contributed by atoms with Gasteiger partial charge in [-0.05, 0) is 31.0 Å². The molecular weight excluding hydrogens is 344 g/mol. The molecule has 2 fully saturated rings. The molecule has 1 amide bonds. The minimum atomic E-state index is 0.0223. The number of pyridine rings is 1. The summed E-state index contributed by atoms with van der Waals surface area (Å²) in [5.41, 5.74) is 0.618. The molecule has 142 valence electrons. The Balaban J connectivity index is 1.36. The van der Waals surface area contributed by atoms with Crippen LogP contribution in [0.2, 0.25) is 0 Å². The van der Waals surface area contributed by atoms with E-state index in [1.165, 1.54) is 0 Å². The molecule has 0 aliphatic carbocycles. The molecule has 2 saturated heterocycles. The van der Waals surface area contributed by atoms with Gasteiger partial charge in [0.15, 0.2) is 0 Å². The first-order valence-corrected chi connectivity index (χ1v) is 9.41. The predicted molar refractivity (Wildman–Crippen MR) is 102 cm³/mol. The van der Waals surface area contributed by atoms with Crippen LogP contribution in [0.1, 0.15) is 23.2 Å². The maximum atomic E-state index is 12.8. The van der Waals surface area contributed by atoms with Gasteiger partial charge < -0.3 is 19.9 Å². The second-order valence-electron chi connectivity index (χ2n) is 6.82. The van der Waals surface area contributed by atoms with Gasteiger partial charge in [-0.2, -0.15) is 0 Å². The zero-order chi connectivity index (χ0) is 18.5. The van der Waals surface area contributed by atoms with Crippen molar-refractivity contribution in [1.82, 2.24) is 19.9 Å². The van der Waals surface area contributed by atoms with Crippen LogP contribution in [0.3, 0.4) is 0 Å². The van der Waals surface area contributed by atoms with Crippen LogP contribution in [0, 0.1) is 0 Å². The van der Waals surface area contributed by atoms with Crippen molar-refractivity contribution in [2.75, 3.05) is 49.6 Å². The zero-order valence-electron chi connectivity index (χ0n) is 15.3. The van der Waals surface area contributed by atoms with E-state index in [2.05, 4.69) is 25.2 Å². The van der Waals surface area contributed by atoms with Crippen molar-refractivity contribution in [3.8, 4) is 0 Å². The highest BCUT2D eigenvalue weighted by atomic mass is 16.5. The molecule has 0 radical (unpaired) electrons. The first-order chi connectivity index (χ1) is 13.3. The fraction of sp³-hybridized carbons (Fsp3) is 0.474. The minimum Gasteiger partial charge on any atom is -0.379 e. The van der Waals surface area contributed by atoms with E-state index in [4.69, 9.17) is 4.74 Å². The topological polar surface area (TPSA) is 83.5 Å². The molecule has 2 aliphatic rings. The summed E-state index contributed by atoms with van der Waals surface area (Å²) in [6.45, 7) is 4.44. The van der Waals surface area contributed by atoms with Gasteiger partial charge in [-0.1, -0.05) is 0 Å². The maximum Gasteiger partial charge on any atom is 0.255 e. The van der Waals surface area contributed by atoms with Crippen molar-refractivity contribution in [1.29, 1.82) is 0 Å². The molecule has 4 heterocycles. The van der Waals surface area contributed by atoms with Gasteiger partial charge in [-0.15, -0.1) is 0 Å².